The molecule has 11 nitrogen and oxygen atoms in total. The van der Waals surface area contributed by atoms with E-state index in [1.807, 2.05) is 13.8 Å². The number of phenolic OH excluding ortho intramolecular Hbond substituents is 2. The largest absolute Gasteiger partial charge is 0.504 e. The first-order chi connectivity index (χ1) is 18.8. The molecule has 1 aromatic carbocycles. The fraction of sp³-hybridized carbons (Fsp3) is 0.667. The van der Waals surface area contributed by atoms with Crippen LogP contribution in [-0.2, 0) is 19.1 Å². The molecule has 3 fully saturated rings. The summed E-state index contributed by atoms with van der Waals surface area (Å²) in [6, 6.07) is 4.10. The van der Waals surface area contributed by atoms with Gasteiger partial charge in [-0.2, -0.15) is 0 Å². The fourth-order valence-corrected chi connectivity index (χ4v) is 7.54. The molecule has 0 amide bonds. The number of ketones is 1. The average molecular weight is 580 g/mol. The lowest BCUT2D eigenvalue weighted by molar-refractivity contribution is -0.370. The lowest BCUT2D eigenvalue weighted by atomic mass is 9.40. The van der Waals surface area contributed by atoms with E-state index >= 15 is 0 Å². The third kappa shape index (κ3) is 5.06. The Hall–Kier alpha value is -2.54. The number of hydrogen-bond donors (Lipinski definition) is 7. The molecular weight excluding hydrogens is 534 g/mol. The normalized spacial score (nSPS) is 40.2. The Kier molecular flexibility index (Phi) is 8.80. The van der Waals surface area contributed by atoms with Crippen molar-refractivity contribution in [2.45, 2.75) is 102 Å². The molecule has 3 aliphatic rings. The number of aromatic hydroxyl groups is 2. The predicted octanol–water partition coefficient (Wildman–Crippen LogP) is 1.61. The lowest BCUT2D eigenvalue weighted by Crippen LogP contribution is -2.86. The van der Waals surface area contributed by atoms with Crippen molar-refractivity contribution < 1.29 is 49.7 Å². The molecule has 4 rings (SSSR count). The number of aliphatic hydroxyl groups is 4. The molecule has 0 aromatic heterocycles. The standard InChI is InChI=1S/C22H34O7.C8H11NO3/c1-8-19(5)11-14(25)22(27)20(6)13(24)9-10-18(3,4)16(20)15(26)17(28-12(2)23)21(22,7)29-19;9-4-8(12)5-1-2-6(10)7(11)3-5/h8,13,15-17,24,26-27H,1,9-11H2,2-7H3;1-3,8,10-12H,4,9H2/t13-,15-,16-,17-,19-,20-,21+,22-;8-/m00/s1. The second-order valence-corrected chi connectivity index (χ2v) is 12.9. The molecule has 1 saturated heterocycles. The maximum atomic E-state index is 13.6. The summed E-state index contributed by atoms with van der Waals surface area (Å²) in [7, 11) is 0. The van der Waals surface area contributed by atoms with Crippen LogP contribution < -0.4 is 5.73 Å². The summed E-state index contributed by atoms with van der Waals surface area (Å²) < 4.78 is 11.8. The number of phenols is 2. The number of rotatable bonds is 4. The van der Waals surface area contributed by atoms with E-state index in [2.05, 4.69) is 6.58 Å². The molecule has 0 unspecified atom stereocenters. The van der Waals surface area contributed by atoms with E-state index in [0.717, 1.165) is 0 Å². The van der Waals surface area contributed by atoms with Crippen molar-refractivity contribution in [1.29, 1.82) is 0 Å². The quantitative estimate of drug-likeness (QED) is 0.155. The molecule has 2 aliphatic carbocycles. The number of esters is 1. The van der Waals surface area contributed by atoms with Gasteiger partial charge in [-0.05, 0) is 49.8 Å². The van der Waals surface area contributed by atoms with Crippen LogP contribution in [0, 0.1) is 16.7 Å². The van der Waals surface area contributed by atoms with Crippen LogP contribution in [0.15, 0.2) is 30.9 Å². The molecule has 1 aliphatic heterocycles. The minimum atomic E-state index is -2.18. The van der Waals surface area contributed by atoms with Crippen LogP contribution in [0.25, 0.3) is 0 Å². The molecule has 0 spiro atoms. The topological polar surface area (TPSA) is 200 Å². The van der Waals surface area contributed by atoms with E-state index in [0.29, 0.717) is 18.4 Å². The molecule has 0 bridgehead atoms. The number of benzene rings is 1. The number of carbonyl (C=O) groups is 2. The summed E-state index contributed by atoms with van der Waals surface area (Å²) in [5.74, 6) is -2.33. The van der Waals surface area contributed by atoms with Gasteiger partial charge in [0.15, 0.2) is 29.0 Å². The molecule has 0 radical (unpaired) electrons. The Balaban J connectivity index is 0.000000322. The highest BCUT2D eigenvalue weighted by atomic mass is 16.6. The molecule has 230 valence electrons. The van der Waals surface area contributed by atoms with E-state index in [9.17, 15) is 30.0 Å². The highest BCUT2D eigenvalue weighted by Gasteiger charge is 2.81. The van der Waals surface area contributed by atoms with E-state index in [1.54, 1.807) is 13.8 Å². The van der Waals surface area contributed by atoms with E-state index in [-0.39, 0.29) is 24.5 Å². The van der Waals surface area contributed by atoms with Crippen molar-refractivity contribution in [2.24, 2.45) is 22.5 Å². The molecule has 1 heterocycles. The first-order valence-electron chi connectivity index (χ1n) is 13.8. The van der Waals surface area contributed by atoms with Crippen LogP contribution in [0.5, 0.6) is 11.5 Å². The second-order valence-electron chi connectivity index (χ2n) is 12.9. The molecule has 2 saturated carbocycles. The number of fused-ring (bicyclic) bond motifs is 3. The number of nitrogens with two attached hydrogens (primary N) is 1. The average Bonchev–Trinajstić information content (AvgIpc) is 2.88. The third-order valence-corrected chi connectivity index (χ3v) is 9.63. The first-order valence-corrected chi connectivity index (χ1v) is 13.8. The summed E-state index contributed by atoms with van der Waals surface area (Å²) >= 11 is 0. The number of aliphatic hydroxyl groups excluding tert-OH is 3. The van der Waals surface area contributed by atoms with Gasteiger partial charge >= 0.3 is 5.97 Å². The van der Waals surface area contributed by atoms with E-state index in [4.69, 9.17) is 25.4 Å². The van der Waals surface area contributed by atoms with Crippen molar-refractivity contribution in [3.05, 3.63) is 36.4 Å². The monoisotopic (exact) mass is 579 g/mol. The van der Waals surface area contributed by atoms with Crippen molar-refractivity contribution in [1.82, 2.24) is 0 Å². The van der Waals surface area contributed by atoms with Gasteiger partial charge in [-0.15, -0.1) is 6.58 Å². The Morgan fingerprint density at radius 2 is 1.80 bits per heavy atom. The van der Waals surface area contributed by atoms with Gasteiger partial charge in [0.2, 0.25) is 0 Å². The molecule has 9 atom stereocenters. The maximum Gasteiger partial charge on any atom is 0.303 e. The van der Waals surface area contributed by atoms with Crippen LogP contribution in [0.4, 0.5) is 0 Å². The van der Waals surface area contributed by atoms with Gasteiger partial charge in [-0.25, -0.2) is 0 Å². The summed E-state index contributed by atoms with van der Waals surface area (Å²) in [5.41, 5.74) is -1.31. The maximum absolute atomic E-state index is 13.6. The third-order valence-electron chi connectivity index (χ3n) is 9.63. The van der Waals surface area contributed by atoms with Crippen LogP contribution in [-0.4, -0.2) is 84.1 Å². The van der Waals surface area contributed by atoms with Gasteiger partial charge in [-0.1, -0.05) is 32.9 Å². The van der Waals surface area contributed by atoms with Crippen LogP contribution >= 0.6 is 0 Å². The van der Waals surface area contributed by atoms with Gasteiger partial charge in [0.1, 0.15) is 5.60 Å². The highest BCUT2D eigenvalue weighted by Crippen LogP contribution is 2.67. The van der Waals surface area contributed by atoms with Crippen LogP contribution in [0.1, 0.15) is 72.5 Å². The van der Waals surface area contributed by atoms with Gasteiger partial charge in [0, 0.05) is 31.2 Å². The van der Waals surface area contributed by atoms with Crippen molar-refractivity contribution in [3.8, 4) is 11.5 Å². The van der Waals surface area contributed by atoms with Crippen molar-refractivity contribution in [2.75, 3.05) is 6.54 Å². The Morgan fingerprint density at radius 3 is 2.32 bits per heavy atom. The summed E-state index contributed by atoms with van der Waals surface area (Å²) in [4.78, 5) is 25.5. The molecule has 8 N–H and O–H groups in total. The number of Topliss-reactive ketones (excluding diaryl/α,β-unsaturated/α-hetero) is 1. The zero-order valence-corrected chi connectivity index (χ0v) is 24.6. The minimum absolute atomic E-state index is 0.0875. The van der Waals surface area contributed by atoms with Crippen LogP contribution in [0.2, 0.25) is 0 Å². The van der Waals surface area contributed by atoms with Crippen LogP contribution in [0.3, 0.4) is 0 Å². The molecule has 1 aromatic rings. The summed E-state index contributed by atoms with van der Waals surface area (Å²) in [5, 5.41) is 61.9. The van der Waals surface area contributed by atoms with Gasteiger partial charge in [0.05, 0.1) is 23.9 Å². The predicted molar refractivity (Wildman–Crippen MR) is 149 cm³/mol. The Labute approximate surface area is 240 Å². The fourth-order valence-electron chi connectivity index (χ4n) is 7.54. The van der Waals surface area contributed by atoms with E-state index < -0.39 is 69.7 Å². The summed E-state index contributed by atoms with van der Waals surface area (Å²) in [6.45, 7) is 13.7. The van der Waals surface area contributed by atoms with Gasteiger partial charge in [-0.3, -0.25) is 9.59 Å². The Morgan fingerprint density at radius 1 is 1.20 bits per heavy atom. The SMILES string of the molecule is C=C[C@@]1(C)CC(=O)[C@]2(O)[C@@]3(C)[C@@H](O)CCC(C)(C)[C@@H]3[C@H](O)[C@H](OC(C)=O)[C@@]2(C)O1.NC[C@H](O)c1ccc(O)c(O)c1. The molecule has 41 heavy (non-hydrogen) atoms. The highest BCUT2D eigenvalue weighted by molar-refractivity contribution is 5.92. The number of carbonyl (C=O) groups excluding carboxylic acids is 2. The zero-order valence-electron chi connectivity index (χ0n) is 24.6. The van der Waals surface area contributed by atoms with Gasteiger partial charge < -0.3 is 45.8 Å². The Bertz CT molecular complexity index is 1190. The minimum Gasteiger partial charge on any atom is -0.504 e. The van der Waals surface area contributed by atoms with E-state index in [1.165, 1.54) is 38.1 Å². The number of hydrogen-bond acceptors (Lipinski definition) is 11. The first kappa shape index (κ1) is 33.0. The van der Waals surface area contributed by atoms with Crippen molar-refractivity contribution >= 4 is 11.8 Å². The lowest BCUT2D eigenvalue weighted by Gasteiger charge is -2.71. The zero-order chi connectivity index (χ0) is 31.3. The summed E-state index contributed by atoms with van der Waals surface area (Å²) in [6.07, 6.45) is -2.09. The molecular formula is C30H45NO10. The number of ether oxygens (including phenoxy) is 2. The smallest absolute Gasteiger partial charge is 0.303 e. The van der Waals surface area contributed by atoms with Crippen molar-refractivity contribution in [3.63, 3.8) is 0 Å². The molecule has 11 heteroatoms. The van der Waals surface area contributed by atoms with Gasteiger partial charge in [0.25, 0.3) is 0 Å². The second kappa shape index (κ2) is 10.9.